The van der Waals surface area contributed by atoms with Crippen molar-refractivity contribution < 1.29 is 4.79 Å². The summed E-state index contributed by atoms with van der Waals surface area (Å²) in [5, 5.41) is 3.00. The Morgan fingerprint density at radius 2 is 1.79 bits per heavy atom. The van der Waals surface area contributed by atoms with Gasteiger partial charge in [0, 0.05) is 30.2 Å². The first-order chi connectivity index (χ1) is 13.4. The predicted molar refractivity (Wildman–Crippen MR) is 113 cm³/mol. The molecule has 6 nitrogen and oxygen atoms in total. The van der Waals surface area contributed by atoms with Crippen LogP contribution in [0.4, 0.5) is 11.5 Å². The number of carbonyl (C=O) groups is 1. The molecule has 0 aliphatic heterocycles. The van der Waals surface area contributed by atoms with Gasteiger partial charge in [-0.2, -0.15) is 0 Å². The van der Waals surface area contributed by atoms with Gasteiger partial charge in [-0.05, 0) is 57.0 Å². The number of nitrogens with zero attached hydrogens (tertiary/aromatic N) is 4. The minimum absolute atomic E-state index is 0.0914. The minimum atomic E-state index is -0.0914. The molecule has 28 heavy (non-hydrogen) atoms. The molecular formula is C22H25N5O. The van der Waals surface area contributed by atoms with Crippen LogP contribution in [0.5, 0.6) is 0 Å². The highest BCUT2D eigenvalue weighted by atomic mass is 16.2. The lowest BCUT2D eigenvalue weighted by Gasteiger charge is -2.21. The highest BCUT2D eigenvalue weighted by molar-refractivity contribution is 5.94. The van der Waals surface area contributed by atoms with Gasteiger partial charge in [-0.25, -0.2) is 9.97 Å². The summed E-state index contributed by atoms with van der Waals surface area (Å²) >= 11 is 0. The lowest BCUT2D eigenvalue weighted by atomic mass is 10.1. The Hall–Kier alpha value is -3.28. The first kappa shape index (κ1) is 19.5. The van der Waals surface area contributed by atoms with E-state index in [4.69, 9.17) is 0 Å². The maximum atomic E-state index is 12.6. The Kier molecular flexibility index (Phi) is 5.68. The molecule has 0 spiro atoms. The number of hydrogen-bond acceptors (Lipinski definition) is 5. The van der Waals surface area contributed by atoms with Crippen LogP contribution in [0.25, 0.3) is 11.5 Å². The number of likely N-dealkylation sites (N-methyl/N-ethyl adjacent to an activating group) is 1. The highest BCUT2D eigenvalue weighted by Gasteiger charge is 2.16. The Bertz CT molecular complexity index is 1000. The summed E-state index contributed by atoms with van der Waals surface area (Å²) in [5.74, 6) is 1.19. The van der Waals surface area contributed by atoms with Gasteiger partial charge in [-0.1, -0.05) is 18.2 Å². The second kappa shape index (κ2) is 8.17. The quantitative estimate of drug-likeness (QED) is 0.733. The fourth-order valence-electron chi connectivity index (χ4n) is 2.96. The Balaban J connectivity index is 1.82. The summed E-state index contributed by atoms with van der Waals surface area (Å²) < 4.78 is 0. The minimum Gasteiger partial charge on any atom is -0.350 e. The zero-order valence-corrected chi connectivity index (χ0v) is 16.9. The molecule has 0 aliphatic rings. The van der Waals surface area contributed by atoms with Crippen LogP contribution in [-0.2, 0) is 4.79 Å². The molecule has 1 amide bonds. The normalized spacial score (nSPS) is 10.6. The van der Waals surface area contributed by atoms with E-state index in [1.807, 2.05) is 76.0 Å². The van der Waals surface area contributed by atoms with Gasteiger partial charge in [0.15, 0.2) is 5.82 Å². The second-order valence-corrected chi connectivity index (χ2v) is 6.95. The number of anilines is 2. The van der Waals surface area contributed by atoms with Crippen molar-refractivity contribution in [3.63, 3.8) is 0 Å². The van der Waals surface area contributed by atoms with E-state index in [0.717, 1.165) is 33.9 Å². The maximum Gasteiger partial charge on any atom is 0.243 e. The van der Waals surface area contributed by atoms with E-state index in [1.54, 1.807) is 6.20 Å². The molecule has 2 heterocycles. The highest BCUT2D eigenvalue weighted by Crippen LogP contribution is 2.23. The van der Waals surface area contributed by atoms with Crippen molar-refractivity contribution in [3.8, 4) is 11.5 Å². The molecular weight excluding hydrogens is 350 g/mol. The number of aryl methyl sites for hydroxylation is 2. The van der Waals surface area contributed by atoms with E-state index in [1.165, 1.54) is 0 Å². The van der Waals surface area contributed by atoms with Gasteiger partial charge in [0.1, 0.15) is 11.5 Å². The lowest BCUT2D eigenvalue weighted by Crippen LogP contribution is -2.31. The smallest absolute Gasteiger partial charge is 0.243 e. The monoisotopic (exact) mass is 375 g/mol. The van der Waals surface area contributed by atoms with Crippen LogP contribution in [0.1, 0.15) is 22.4 Å². The fraction of sp³-hybridized carbons (Fsp3) is 0.273. The van der Waals surface area contributed by atoms with Crippen LogP contribution in [0.3, 0.4) is 0 Å². The summed E-state index contributed by atoms with van der Waals surface area (Å²) in [6.45, 7) is 8.13. The van der Waals surface area contributed by atoms with Crippen LogP contribution < -0.4 is 10.2 Å². The molecule has 144 valence electrons. The number of aromatic nitrogens is 3. The Morgan fingerprint density at radius 1 is 1.00 bits per heavy atom. The molecule has 0 saturated carbocycles. The molecule has 1 aromatic carbocycles. The number of pyridine rings is 1. The van der Waals surface area contributed by atoms with Crippen LogP contribution in [0, 0.1) is 27.7 Å². The van der Waals surface area contributed by atoms with Crippen LogP contribution in [0.15, 0.2) is 42.6 Å². The van der Waals surface area contributed by atoms with E-state index < -0.39 is 0 Å². The van der Waals surface area contributed by atoms with Crippen molar-refractivity contribution >= 4 is 17.4 Å². The van der Waals surface area contributed by atoms with Gasteiger partial charge in [-0.3, -0.25) is 9.78 Å². The number of amides is 1. The summed E-state index contributed by atoms with van der Waals surface area (Å²) in [6.07, 6.45) is 1.72. The summed E-state index contributed by atoms with van der Waals surface area (Å²) in [6, 6.07) is 11.5. The molecule has 0 aliphatic carbocycles. The largest absolute Gasteiger partial charge is 0.350 e. The number of benzene rings is 1. The standard InChI is InChI=1S/C22H25N5O/c1-14-9-8-11-18(15(14)2)25-20(28)13-27(5)22-16(3)17(4)24-21(26-22)19-10-6-7-12-23-19/h6-12H,13H2,1-5H3,(H,25,28). The number of carbonyl (C=O) groups excluding carboxylic acids is 1. The Morgan fingerprint density at radius 3 is 2.50 bits per heavy atom. The topological polar surface area (TPSA) is 71.0 Å². The number of nitrogens with one attached hydrogen (secondary N) is 1. The van der Waals surface area contributed by atoms with Gasteiger partial charge in [0.05, 0.1) is 6.54 Å². The van der Waals surface area contributed by atoms with Crippen LogP contribution in [-0.4, -0.2) is 34.5 Å². The van der Waals surface area contributed by atoms with E-state index in [-0.39, 0.29) is 12.5 Å². The zero-order valence-electron chi connectivity index (χ0n) is 16.9. The molecule has 0 atom stereocenters. The first-order valence-electron chi connectivity index (χ1n) is 9.20. The molecule has 1 N–H and O–H groups in total. The van der Waals surface area contributed by atoms with Gasteiger partial charge in [0.25, 0.3) is 0 Å². The van der Waals surface area contributed by atoms with E-state index in [9.17, 15) is 4.79 Å². The van der Waals surface area contributed by atoms with Crippen molar-refractivity contribution in [1.29, 1.82) is 0 Å². The molecule has 6 heteroatoms. The van der Waals surface area contributed by atoms with E-state index in [0.29, 0.717) is 11.5 Å². The molecule has 0 fully saturated rings. The summed E-state index contributed by atoms with van der Waals surface area (Å²) in [4.78, 5) is 28.0. The Labute approximate surface area is 165 Å². The molecule has 0 unspecified atom stereocenters. The zero-order chi connectivity index (χ0) is 20.3. The van der Waals surface area contributed by atoms with Gasteiger partial charge >= 0.3 is 0 Å². The van der Waals surface area contributed by atoms with Crippen LogP contribution in [0.2, 0.25) is 0 Å². The van der Waals surface area contributed by atoms with Crippen molar-refractivity contribution in [2.24, 2.45) is 0 Å². The first-order valence-corrected chi connectivity index (χ1v) is 9.20. The maximum absolute atomic E-state index is 12.6. The van der Waals surface area contributed by atoms with Gasteiger partial charge < -0.3 is 10.2 Å². The van der Waals surface area contributed by atoms with E-state index in [2.05, 4.69) is 20.3 Å². The number of rotatable bonds is 5. The average molecular weight is 375 g/mol. The summed E-state index contributed by atoms with van der Waals surface area (Å²) in [5.41, 5.74) is 5.58. The number of hydrogen-bond donors (Lipinski definition) is 1. The molecule has 2 aromatic heterocycles. The van der Waals surface area contributed by atoms with Gasteiger partial charge in [0.2, 0.25) is 5.91 Å². The van der Waals surface area contributed by atoms with Crippen molar-refractivity contribution in [3.05, 3.63) is 65.0 Å². The van der Waals surface area contributed by atoms with Crippen LogP contribution >= 0.6 is 0 Å². The molecule has 3 aromatic rings. The van der Waals surface area contributed by atoms with Crippen molar-refractivity contribution in [2.45, 2.75) is 27.7 Å². The fourth-order valence-corrected chi connectivity index (χ4v) is 2.96. The molecule has 0 radical (unpaired) electrons. The predicted octanol–water partition coefficient (Wildman–Crippen LogP) is 3.85. The average Bonchev–Trinajstić information content (AvgIpc) is 2.68. The third kappa shape index (κ3) is 4.17. The van der Waals surface area contributed by atoms with Crippen molar-refractivity contribution in [2.75, 3.05) is 23.8 Å². The van der Waals surface area contributed by atoms with Crippen molar-refractivity contribution in [1.82, 2.24) is 15.0 Å². The molecule has 3 rings (SSSR count). The van der Waals surface area contributed by atoms with Gasteiger partial charge in [-0.15, -0.1) is 0 Å². The molecule has 0 bridgehead atoms. The third-order valence-corrected chi connectivity index (χ3v) is 4.88. The summed E-state index contributed by atoms with van der Waals surface area (Å²) in [7, 11) is 1.86. The lowest BCUT2D eigenvalue weighted by molar-refractivity contribution is -0.114. The molecule has 0 saturated heterocycles. The second-order valence-electron chi connectivity index (χ2n) is 6.95. The third-order valence-electron chi connectivity index (χ3n) is 4.88. The van der Waals surface area contributed by atoms with E-state index >= 15 is 0 Å². The SMILES string of the molecule is Cc1cccc(NC(=O)CN(C)c2nc(-c3ccccn3)nc(C)c2C)c1C.